The lowest BCUT2D eigenvalue weighted by Gasteiger charge is -2.19. The fraction of sp³-hybridized carbons (Fsp3) is 0.800. The van der Waals surface area contributed by atoms with Crippen LogP contribution in [0.25, 0.3) is 0 Å². The molecule has 0 bridgehead atoms. The number of ether oxygens (including phenoxy) is 2. The van der Waals surface area contributed by atoms with Crippen molar-refractivity contribution in [1.82, 2.24) is 0 Å². The van der Waals surface area contributed by atoms with Gasteiger partial charge >= 0.3 is 13.8 Å². The molecule has 0 amide bonds. The number of nitrogens with two attached hydrogens (primary N) is 1. The first-order chi connectivity index (χ1) is 16.4. The lowest BCUT2D eigenvalue weighted by atomic mass is 10.1. The van der Waals surface area contributed by atoms with E-state index in [1.807, 2.05) is 0 Å². The molecule has 0 radical (unpaired) electrons. The van der Waals surface area contributed by atoms with Crippen LogP contribution in [-0.4, -0.2) is 49.9 Å². The summed E-state index contributed by atoms with van der Waals surface area (Å²) in [6, 6.07) is 0. The summed E-state index contributed by atoms with van der Waals surface area (Å²) >= 11 is 0. The molecule has 0 aliphatic carbocycles. The van der Waals surface area contributed by atoms with E-state index in [9.17, 15) is 14.3 Å². The predicted molar refractivity (Wildman–Crippen MR) is 137 cm³/mol. The van der Waals surface area contributed by atoms with E-state index in [1.54, 1.807) is 0 Å². The molecule has 34 heavy (non-hydrogen) atoms. The lowest BCUT2D eigenvalue weighted by Crippen LogP contribution is -2.27. The second-order valence-corrected chi connectivity index (χ2v) is 9.73. The monoisotopic (exact) mass is 505 g/mol. The van der Waals surface area contributed by atoms with E-state index in [-0.39, 0.29) is 26.4 Å². The van der Waals surface area contributed by atoms with Gasteiger partial charge in [-0.1, -0.05) is 69.8 Å². The largest absolute Gasteiger partial charge is 0.472 e. The molecule has 0 aliphatic rings. The summed E-state index contributed by atoms with van der Waals surface area (Å²) in [5.41, 5.74) is 5.23. The zero-order valence-electron chi connectivity index (χ0n) is 21.3. The van der Waals surface area contributed by atoms with Gasteiger partial charge < -0.3 is 20.1 Å². The zero-order chi connectivity index (χ0) is 25.3. The van der Waals surface area contributed by atoms with Crippen LogP contribution in [0.4, 0.5) is 0 Å². The number of esters is 1. The van der Waals surface area contributed by atoms with Crippen molar-refractivity contribution in [3.63, 3.8) is 0 Å². The summed E-state index contributed by atoms with van der Waals surface area (Å²) in [6.07, 6.45) is 22.4. The third-order valence-corrected chi connectivity index (χ3v) is 5.91. The average Bonchev–Trinajstić information content (AvgIpc) is 2.80. The van der Waals surface area contributed by atoms with Crippen molar-refractivity contribution >= 4 is 13.8 Å². The molecule has 3 N–H and O–H groups in total. The highest BCUT2D eigenvalue weighted by Gasteiger charge is 2.24. The first kappa shape index (κ1) is 33.0. The molecule has 0 aromatic rings. The molecule has 0 saturated carbocycles. The van der Waals surface area contributed by atoms with Gasteiger partial charge in [0, 0.05) is 20.1 Å². The average molecular weight is 506 g/mol. The van der Waals surface area contributed by atoms with Gasteiger partial charge in [0.05, 0.1) is 19.8 Å². The summed E-state index contributed by atoms with van der Waals surface area (Å²) in [5, 5.41) is 0. The summed E-state index contributed by atoms with van der Waals surface area (Å²) in [5.74, 6) is -0.512. The van der Waals surface area contributed by atoms with E-state index in [4.69, 9.17) is 19.7 Å². The van der Waals surface area contributed by atoms with Gasteiger partial charge in [-0.25, -0.2) is 4.57 Å². The first-order valence-electron chi connectivity index (χ1n) is 12.8. The maximum Gasteiger partial charge on any atom is 0.472 e. The Kier molecular flexibility index (Phi) is 23.0. The van der Waals surface area contributed by atoms with E-state index in [2.05, 4.69) is 35.8 Å². The highest BCUT2D eigenvalue weighted by Crippen LogP contribution is 2.43. The van der Waals surface area contributed by atoms with Gasteiger partial charge in [0.15, 0.2) is 0 Å². The fourth-order valence-corrected chi connectivity index (χ4v) is 3.91. The minimum Gasteiger partial charge on any atom is -0.458 e. The van der Waals surface area contributed by atoms with Gasteiger partial charge in [-0.05, 0) is 38.5 Å². The highest BCUT2D eigenvalue weighted by molar-refractivity contribution is 7.47. The SMILES string of the molecule is CCCCC/C=C\C/C=C\CCCCCCCCOCC(COP(=O)(O)OCCN)OC(C)=O. The standard InChI is InChI=1S/C25H48NO7P/c1-3-4-5-6-7-8-9-10-11-12-13-14-15-16-17-18-20-30-22-25(33-24(2)27)23-32-34(28,29)31-21-19-26/h7-8,10-11,25H,3-6,9,12-23,26H2,1-2H3,(H,28,29)/b8-7-,11-10-. The zero-order valence-corrected chi connectivity index (χ0v) is 22.2. The van der Waals surface area contributed by atoms with E-state index in [0.29, 0.717) is 6.61 Å². The lowest BCUT2D eigenvalue weighted by molar-refractivity contribution is -0.151. The molecule has 0 fully saturated rings. The van der Waals surface area contributed by atoms with Crippen LogP contribution >= 0.6 is 7.82 Å². The number of rotatable bonds is 24. The number of carbonyl (C=O) groups excluding carboxylic acids is 1. The van der Waals surface area contributed by atoms with Crippen LogP contribution in [0.5, 0.6) is 0 Å². The summed E-state index contributed by atoms with van der Waals surface area (Å²) < 4.78 is 31.8. The molecule has 0 saturated heterocycles. The highest BCUT2D eigenvalue weighted by atomic mass is 31.2. The van der Waals surface area contributed by atoms with Crippen LogP contribution < -0.4 is 5.73 Å². The van der Waals surface area contributed by atoms with Crippen molar-refractivity contribution in [3.05, 3.63) is 24.3 Å². The van der Waals surface area contributed by atoms with Crippen LogP contribution in [0, 0.1) is 0 Å². The number of phosphoric ester groups is 1. The Morgan fingerprint density at radius 1 is 0.882 bits per heavy atom. The van der Waals surface area contributed by atoms with E-state index in [1.165, 1.54) is 51.9 Å². The minimum absolute atomic E-state index is 0.0940. The van der Waals surface area contributed by atoms with Crippen LogP contribution in [0.1, 0.15) is 90.9 Å². The molecular formula is C25H48NO7P. The van der Waals surface area contributed by atoms with Gasteiger partial charge in [-0.15, -0.1) is 0 Å². The number of phosphoric acid groups is 1. The number of hydrogen-bond acceptors (Lipinski definition) is 7. The van der Waals surface area contributed by atoms with Crippen molar-refractivity contribution < 1.29 is 32.8 Å². The third kappa shape index (κ3) is 24.1. The molecule has 0 rings (SSSR count). The van der Waals surface area contributed by atoms with Crippen molar-refractivity contribution in [2.75, 3.05) is 33.0 Å². The van der Waals surface area contributed by atoms with Gasteiger partial charge in [-0.2, -0.15) is 0 Å². The smallest absolute Gasteiger partial charge is 0.458 e. The summed E-state index contributed by atoms with van der Waals surface area (Å²) in [6.45, 7) is 3.83. The maximum absolute atomic E-state index is 11.7. The van der Waals surface area contributed by atoms with E-state index < -0.39 is 19.9 Å². The quantitative estimate of drug-likeness (QED) is 0.0727. The Morgan fingerprint density at radius 3 is 2.12 bits per heavy atom. The van der Waals surface area contributed by atoms with Gasteiger partial charge in [0.1, 0.15) is 6.10 Å². The summed E-state index contributed by atoms with van der Waals surface area (Å²) in [7, 11) is -4.22. The van der Waals surface area contributed by atoms with Crippen molar-refractivity contribution in [2.45, 2.75) is 97.0 Å². The third-order valence-electron chi connectivity index (χ3n) is 4.92. The molecule has 0 aromatic carbocycles. The van der Waals surface area contributed by atoms with Gasteiger partial charge in [-0.3, -0.25) is 13.8 Å². The van der Waals surface area contributed by atoms with Crippen LogP contribution in [0.3, 0.4) is 0 Å². The second kappa shape index (κ2) is 23.7. The van der Waals surface area contributed by atoms with Crippen LogP contribution in [0.2, 0.25) is 0 Å². The minimum atomic E-state index is -4.22. The van der Waals surface area contributed by atoms with Crippen molar-refractivity contribution in [1.29, 1.82) is 0 Å². The van der Waals surface area contributed by atoms with Crippen molar-refractivity contribution in [2.24, 2.45) is 5.73 Å². The molecule has 0 heterocycles. The fourth-order valence-electron chi connectivity index (χ4n) is 3.14. The maximum atomic E-state index is 11.7. The molecule has 0 aromatic heterocycles. The molecule has 2 unspecified atom stereocenters. The Morgan fingerprint density at radius 2 is 1.50 bits per heavy atom. The van der Waals surface area contributed by atoms with E-state index in [0.717, 1.165) is 32.1 Å². The Bertz CT molecular complexity index is 584. The van der Waals surface area contributed by atoms with E-state index >= 15 is 0 Å². The molecule has 200 valence electrons. The number of unbranched alkanes of at least 4 members (excludes halogenated alkanes) is 9. The molecule has 0 spiro atoms. The Labute approximate surface area is 206 Å². The number of hydrogen-bond donors (Lipinski definition) is 2. The second-order valence-electron chi connectivity index (χ2n) is 8.28. The number of allylic oxidation sites excluding steroid dienone is 4. The molecule has 2 atom stereocenters. The Hall–Kier alpha value is -1.02. The normalized spacial score (nSPS) is 14.6. The molecule has 8 nitrogen and oxygen atoms in total. The summed E-state index contributed by atoms with van der Waals surface area (Å²) in [4.78, 5) is 20.7. The van der Waals surface area contributed by atoms with Gasteiger partial charge in [0.2, 0.25) is 0 Å². The molecular weight excluding hydrogens is 457 g/mol. The topological polar surface area (TPSA) is 117 Å². The first-order valence-corrected chi connectivity index (χ1v) is 14.3. The van der Waals surface area contributed by atoms with Crippen LogP contribution in [0.15, 0.2) is 24.3 Å². The van der Waals surface area contributed by atoms with Crippen LogP contribution in [-0.2, 0) is 27.9 Å². The number of carbonyl (C=O) groups is 1. The van der Waals surface area contributed by atoms with Gasteiger partial charge in [0.25, 0.3) is 0 Å². The molecule has 9 heteroatoms. The predicted octanol–water partition coefficient (Wildman–Crippen LogP) is 5.84. The Balaban J connectivity index is 3.69. The van der Waals surface area contributed by atoms with Crippen molar-refractivity contribution in [3.8, 4) is 0 Å². The molecule has 0 aliphatic heterocycles.